The maximum absolute atomic E-state index is 2.41. The first-order valence-corrected chi connectivity index (χ1v) is 48.2. The molecule has 660 valence electrons. The zero-order valence-electron chi connectivity index (χ0n) is 77.3. The van der Waals surface area contributed by atoms with Gasteiger partial charge >= 0.3 is 0 Å². The molecule has 0 atom stereocenters. The Labute approximate surface area is 812 Å². The number of hydrogen-bond donors (Lipinski definition) is 0. The summed E-state index contributed by atoms with van der Waals surface area (Å²) in [5.74, 6) is 0. The van der Waals surface area contributed by atoms with Crippen LogP contribution >= 0.6 is 0 Å². The molecule has 6 nitrogen and oxygen atoms in total. The number of rotatable bonds is 19. The van der Waals surface area contributed by atoms with Gasteiger partial charge in [-0.2, -0.15) is 0 Å². The molecule has 0 bridgehead atoms. The second kappa shape index (κ2) is 36.1. The second-order valence-electron chi connectivity index (χ2n) is 36.3. The predicted molar refractivity (Wildman–Crippen MR) is 603 cm³/mol. The minimum absolute atomic E-state index is 0.932. The minimum Gasteiger partial charge on any atom is -0.341 e. The molecular weight excluding hydrogens is 1690 g/mol. The van der Waals surface area contributed by atoms with E-state index < -0.39 is 0 Å². The van der Waals surface area contributed by atoms with Crippen molar-refractivity contribution < 1.29 is 0 Å². The van der Waals surface area contributed by atoms with Gasteiger partial charge in [0.05, 0.1) is 55.2 Å². The summed E-state index contributed by atoms with van der Waals surface area (Å²) in [4.78, 5) is 0. The molecular formula is C134H94N6. The lowest BCUT2D eigenvalue weighted by Crippen LogP contribution is -1.92. The van der Waals surface area contributed by atoms with Crippen LogP contribution in [0.2, 0.25) is 0 Å². The summed E-state index contributed by atoms with van der Waals surface area (Å²) in [5, 5.41) is 15.3. The van der Waals surface area contributed by atoms with Crippen molar-refractivity contribution in [2.75, 3.05) is 0 Å². The second-order valence-corrected chi connectivity index (χ2v) is 36.3. The average molecular weight is 1790 g/mol. The van der Waals surface area contributed by atoms with E-state index in [1.807, 2.05) is 0 Å². The topological polar surface area (TPSA) is 29.6 Å². The summed E-state index contributed by atoms with van der Waals surface area (Å²) in [6.07, 6.45) is 26.5. The van der Waals surface area contributed by atoms with Crippen LogP contribution < -0.4 is 0 Å². The molecule has 6 heterocycles. The highest BCUT2D eigenvalue weighted by Gasteiger charge is 2.19. The van der Waals surface area contributed by atoms with Gasteiger partial charge in [-0.15, -0.1) is 0 Å². The van der Waals surface area contributed by atoms with E-state index in [0.717, 1.165) is 39.9 Å². The van der Waals surface area contributed by atoms with Gasteiger partial charge in [0.1, 0.15) is 0 Å². The summed E-state index contributed by atoms with van der Waals surface area (Å²) < 4.78 is 13.9. The molecule has 0 saturated heterocycles. The fraction of sp³-hybridized carbons (Fsp3) is 0.0149. The molecule has 0 amide bonds. The summed E-state index contributed by atoms with van der Waals surface area (Å²) in [7, 11) is 0. The molecule has 0 radical (unpaired) electrons. The van der Waals surface area contributed by atoms with Crippen LogP contribution in [0.15, 0.2) is 467 Å². The first-order valence-electron chi connectivity index (χ1n) is 48.2. The molecule has 26 rings (SSSR count). The summed E-state index contributed by atoms with van der Waals surface area (Å²) in [5.41, 5.74) is 36.8. The van der Waals surface area contributed by atoms with E-state index in [0.29, 0.717) is 0 Å². The predicted octanol–water partition coefficient (Wildman–Crippen LogP) is 36.4. The largest absolute Gasteiger partial charge is 0.341 e. The zero-order chi connectivity index (χ0) is 92.9. The number of para-hydroxylation sites is 11. The van der Waals surface area contributed by atoms with Crippen molar-refractivity contribution in [3.05, 3.63) is 506 Å². The van der Waals surface area contributed by atoms with Crippen molar-refractivity contribution in [2.24, 2.45) is 0 Å². The van der Waals surface area contributed by atoms with Gasteiger partial charge in [-0.1, -0.05) is 370 Å². The van der Waals surface area contributed by atoms with Crippen LogP contribution in [0.25, 0.3) is 271 Å². The summed E-state index contributed by atoms with van der Waals surface area (Å²) in [6.45, 7) is 3.16. The minimum atomic E-state index is 0.932. The smallest absolute Gasteiger partial charge is 0.0534 e. The molecule has 0 saturated carbocycles. The molecule has 0 fully saturated rings. The van der Waals surface area contributed by atoms with Crippen molar-refractivity contribution in [3.63, 3.8) is 0 Å². The SMILES string of the molecule is C(=C\n1c2ccccc2c2ccccc21)/c1ccc(-c2cc(-c3ccc(/C=C/n4c5ccccc5c5ccccc54)cc3)cc(-c3ccc(/C=C/n4c5ccccc5c5ccccc54)cc3)c2)cc1.CCn1c2ccccc2c2ccc(/C=C/c3ccc(-c4cc(-c5ccc(/C=C/n6c7ccccc7c7ccccc76)cc5)cc(-c5ccc(/C=C/n6c7ccccc7c7ccccc76)cc5)c4)cc3)cc21. The Bertz CT molecular complexity index is 8580. The highest BCUT2D eigenvalue weighted by molar-refractivity contribution is 6.15. The Morgan fingerprint density at radius 2 is 0.293 bits per heavy atom. The number of hydrogen-bond acceptors (Lipinski definition) is 0. The van der Waals surface area contributed by atoms with Gasteiger partial charge in [-0.05, 0) is 252 Å². The molecule has 0 aliphatic rings. The molecule has 26 aromatic rings. The van der Waals surface area contributed by atoms with E-state index in [1.165, 1.54) is 203 Å². The van der Waals surface area contributed by atoms with E-state index in [9.17, 15) is 0 Å². The molecule has 0 unspecified atom stereocenters. The van der Waals surface area contributed by atoms with Crippen molar-refractivity contribution in [1.29, 1.82) is 0 Å². The standard InChI is InChI=1S/C68H49N3.C66H45N3/c1-2-69-63-18-8-3-17-61(63)62-38-31-50(43-68(62)69)24-23-47-25-32-51(33-26-47)54-44-55(52-34-27-48(28-35-52)39-41-70-64-19-9-4-13-57(64)58-14-5-10-20-65(58)70)46-56(45-54)53-36-29-49(30-37-53)40-42-71-66-21-11-6-15-59(66)60-16-7-12-22-67(60)71;1-7-19-61-55(13-1)56-14-2-8-20-62(56)67(61)40-37-46-25-31-49(32-26-46)52-43-53(50-33-27-47(28-34-50)38-41-68-63-21-9-3-15-57(63)58-16-4-10-22-64(58)68)45-54(44-52)51-35-29-48(30-36-51)39-42-69-65-23-11-5-17-59(65)60-18-6-12-24-66(60)69/h3-46H,2H2,1H3;1-45H/b24-23+,41-39+,42-40+;40-37+,41-38+,42-39+. The summed E-state index contributed by atoms with van der Waals surface area (Å²) in [6, 6.07) is 170. The Kier molecular flexibility index (Phi) is 21.5. The number of aryl methyl sites for hydroxylation is 1. The van der Waals surface area contributed by atoms with Crippen LogP contribution in [0.5, 0.6) is 0 Å². The number of fused-ring (bicyclic) bond motifs is 18. The monoisotopic (exact) mass is 1790 g/mol. The van der Waals surface area contributed by atoms with Gasteiger partial charge in [0.25, 0.3) is 0 Å². The molecule has 0 aliphatic heterocycles. The molecule has 6 heteroatoms. The molecule has 0 aliphatic carbocycles. The fourth-order valence-corrected chi connectivity index (χ4v) is 21.0. The Morgan fingerprint density at radius 1 is 0.136 bits per heavy atom. The van der Waals surface area contributed by atoms with Gasteiger partial charge in [0, 0.05) is 113 Å². The third-order valence-corrected chi connectivity index (χ3v) is 28.1. The van der Waals surface area contributed by atoms with Gasteiger partial charge in [-0.3, -0.25) is 0 Å². The third kappa shape index (κ3) is 15.7. The normalized spacial score (nSPS) is 12.2. The van der Waals surface area contributed by atoms with Crippen LogP contribution in [0, 0.1) is 0 Å². The summed E-state index contributed by atoms with van der Waals surface area (Å²) >= 11 is 0. The first-order chi connectivity index (χ1) is 69.3. The lowest BCUT2D eigenvalue weighted by Gasteiger charge is -2.12. The molecule has 140 heavy (non-hydrogen) atoms. The lowest BCUT2D eigenvalue weighted by molar-refractivity contribution is 0.827. The van der Waals surface area contributed by atoms with Gasteiger partial charge < -0.3 is 27.4 Å². The zero-order valence-corrected chi connectivity index (χ0v) is 77.3. The molecule has 6 aromatic heterocycles. The average Bonchev–Trinajstić information content (AvgIpc) is 1.63. The molecule has 0 N–H and O–H groups in total. The highest BCUT2D eigenvalue weighted by Crippen LogP contribution is 2.42. The van der Waals surface area contributed by atoms with Crippen LogP contribution in [-0.4, -0.2) is 27.4 Å². The number of benzene rings is 20. The number of nitrogens with zero attached hydrogens (tertiary/aromatic N) is 6. The Hall–Kier alpha value is -18.4. The fourth-order valence-electron chi connectivity index (χ4n) is 21.0. The third-order valence-electron chi connectivity index (χ3n) is 28.1. The van der Waals surface area contributed by atoms with E-state index in [4.69, 9.17) is 0 Å². The quantitative estimate of drug-likeness (QED) is 0.0722. The van der Waals surface area contributed by atoms with E-state index in [2.05, 4.69) is 575 Å². The van der Waals surface area contributed by atoms with Crippen molar-refractivity contribution in [1.82, 2.24) is 27.4 Å². The van der Waals surface area contributed by atoms with E-state index in [-0.39, 0.29) is 0 Å². The van der Waals surface area contributed by atoms with Gasteiger partial charge in [-0.25, -0.2) is 0 Å². The van der Waals surface area contributed by atoms with Crippen LogP contribution in [0.3, 0.4) is 0 Å². The Morgan fingerprint density at radius 3 is 0.493 bits per heavy atom. The number of aromatic nitrogens is 6. The van der Waals surface area contributed by atoms with Gasteiger partial charge in [0.15, 0.2) is 0 Å². The molecule has 0 spiro atoms. The van der Waals surface area contributed by atoms with Crippen molar-refractivity contribution in [2.45, 2.75) is 13.5 Å². The lowest BCUT2D eigenvalue weighted by atomic mass is 9.92. The van der Waals surface area contributed by atoms with Gasteiger partial charge in [0.2, 0.25) is 0 Å². The van der Waals surface area contributed by atoms with Crippen molar-refractivity contribution in [3.8, 4) is 66.8 Å². The first kappa shape index (κ1) is 83.5. The Balaban J connectivity index is 0.000000148. The maximum atomic E-state index is 2.41. The van der Waals surface area contributed by atoms with E-state index in [1.54, 1.807) is 0 Å². The molecule has 20 aromatic carbocycles. The van der Waals surface area contributed by atoms with Crippen molar-refractivity contribution >= 4 is 204 Å². The van der Waals surface area contributed by atoms with Crippen LogP contribution in [-0.2, 0) is 6.54 Å². The van der Waals surface area contributed by atoms with E-state index >= 15 is 0 Å². The maximum Gasteiger partial charge on any atom is 0.0534 e. The van der Waals surface area contributed by atoms with Crippen LogP contribution in [0.4, 0.5) is 0 Å². The highest BCUT2D eigenvalue weighted by atomic mass is 15.0. The van der Waals surface area contributed by atoms with Crippen LogP contribution in [0.1, 0.15) is 45.9 Å².